The molecule has 0 aromatic carbocycles. The quantitative estimate of drug-likeness (QED) is 0.529. The molecule has 0 aliphatic rings. The van der Waals surface area contributed by atoms with Gasteiger partial charge in [0, 0.05) is 12.3 Å². The van der Waals surface area contributed by atoms with Crippen LogP contribution in [0.15, 0.2) is 17.1 Å². The summed E-state index contributed by atoms with van der Waals surface area (Å²) in [5.74, 6) is -0.431. The van der Waals surface area contributed by atoms with E-state index >= 15 is 0 Å². The first kappa shape index (κ1) is 6.16. The third kappa shape index (κ3) is 1.05. The van der Waals surface area contributed by atoms with E-state index in [1.807, 2.05) is 0 Å². The van der Waals surface area contributed by atoms with Crippen molar-refractivity contribution in [2.75, 3.05) is 0 Å². The van der Waals surface area contributed by atoms with Crippen molar-refractivity contribution in [3.8, 4) is 5.75 Å². The molecule has 48 valence electrons. The molecule has 9 heavy (non-hydrogen) atoms. The van der Waals surface area contributed by atoms with Gasteiger partial charge in [-0.2, -0.15) is 0 Å². The number of halogens is 1. The number of hydrogen-bond donors (Lipinski definition) is 2. The van der Waals surface area contributed by atoms with E-state index in [0.717, 1.165) is 0 Å². The van der Waals surface area contributed by atoms with E-state index in [9.17, 15) is 4.79 Å². The second kappa shape index (κ2) is 2.11. The summed E-state index contributed by atoms with van der Waals surface area (Å²) >= 11 is 5.31. The second-order valence-electron chi connectivity index (χ2n) is 1.50. The molecule has 0 unspecified atom stereocenters. The van der Waals surface area contributed by atoms with Gasteiger partial charge in [-0.15, -0.1) is 0 Å². The predicted octanol–water partition coefficient (Wildman–Crippen LogP) is 0.734. The lowest BCUT2D eigenvalue weighted by Gasteiger charge is -1.90. The van der Waals surface area contributed by atoms with E-state index in [1.54, 1.807) is 0 Å². The fourth-order valence-electron chi connectivity index (χ4n) is 0.446. The maximum atomic E-state index is 10.5. The van der Waals surface area contributed by atoms with Crippen LogP contribution in [0.5, 0.6) is 5.75 Å². The SMILES string of the molecule is O=c1cc[nH]c(Cl)c1O. The number of aromatic hydroxyl groups is 1. The molecule has 0 aliphatic heterocycles. The maximum Gasteiger partial charge on any atom is 0.224 e. The van der Waals surface area contributed by atoms with Gasteiger partial charge in [-0.1, -0.05) is 11.6 Å². The molecule has 0 radical (unpaired) electrons. The first-order valence-corrected chi connectivity index (χ1v) is 2.66. The molecule has 1 heterocycles. The summed E-state index contributed by atoms with van der Waals surface area (Å²) < 4.78 is 0. The second-order valence-corrected chi connectivity index (χ2v) is 1.88. The van der Waals surface area contributed by atoms with Gasteiger partial charge in [0.1, 0.15) is 0 Å². The van der Waals surface area contributed by atoms with Crippen molar-refractivity contribution in [2.45, 2.75) is 0 Å². The molecule has 0 spiro atoms. The van der Waals surface area contributed by atoms with Gasteiger partial charge >= 0.3 is 0 Å². The largest absolute Gasteiger partial charge is 0.502 e. The lowest BCUT2D eigenvalue weighted by Crippen LogP contribution is -1.97. The molecule has 0 saturated carbocycles. The number of nitrogens with one attached hydrogen (secondary N) is 1. The normalized spacial score (nSPS) is 9.44. The van der Waals surface area contributed by atoms with E-state index in [2.05, 4.69) is 4.98 Å². The fraction of sp³-hybridized carbons (Fsp3) is 0. The Morgan fingerprint density at radius 3 is 2.78 bits per heavy atom. The van der Waals surface area contributed by atoms with Crippen LogP contribution in [0, 0.1) is 0 Å². The highest BCUT2D eigenvalue weighted by atomic mass is 35.5. The minimum absolute atomic E-state index is 0.0255. The summed E-state index contributed by atoms with van der Waals surface area (Å²) in [6.07, 6.45) is 1.37. The lowest BCUT2D eigenvalue weighted by atomic mass is 10.4. The zero-order valence-electron chi connectivity index (χ0n) is 4.39. The molecule has 0 amide bonds. The van der Waals surface area contributed by atoms with Crippen LogP contribution in [0.4, 0.5) is 0 Å². The van der Waals surface area contributed by atoms with Gasteiger partial charge < -0.3 is 10.1 Å². The van der Waals surface area contributed by atoms with Crippen molar-refractivity contribution in [3.05, 3.63) is 27.6 Å². The summed E-state index contributed by atoms with van der Waals surface area (Å²) in [4.78, 5) is 12.9. The summed E-state index contributed by atoms with van der Waals surface area (Å²) in [5.41, 5.74) is -0.473. The summed E-state index contributed by atoms with van der Waals surface area (Å²) in [5, 5.41) is 8.71. The Hall–Kier alpha value is -0.960. The standard InChI is InChI=1S/C5H4ClNO2/c6-5-4(9)3(8)1-2-7-5/h1-2,9H,(H,7,8). The smallest absolute Gasteiger partial charge is 0.224 e. The summed E-state index contributed by atoms with van der Waals surface area (Å²) in [6, 6.07) is 1.20. The van der Waals surface area contributed by atoms with E-state index in [4.69, 9.17) is 16.7 Å². The maximum absolute atomic E-state index is 10.5. The van der Waals surface area contributed by atoms with E-state index < -0.39 is 11.2 Å². The first-order chi connectivity index (χ1) is 4.22. The number of hydrogen-bond acceptors (Lipinski definition) is 2. The van der Waals surface area contributed by atoms with Crippen molar-refractivity contribution in [1.82, 2.24) is 4.98 Å². The Balaban J connectivity index is 3.43. The summed E-state index contributed by atoms with van der Waals surface area (Å²) in [6.45, 7) is 0. The van der Waals surface area contributed by atoms with E-state index in [1.165, 1.54) is 12.3 Å². The van der Waals surface area contributed by atoms with Gasteiger partial charge in [0.05, 0.1) is 0 Å². The zero-order chi connectivity index (χ0) is 6.85. The van der Waals surface area contributed by atoms with Gasteiger partial charge in [0.2, 0.25) is 5.43 Å². The van der Waals surface area contributed by atoms with Gasteiger partial charge in [0.25, 0.3) is 0 Å². The zero-order valence-corrected chi connectivity index (χ0v) is 5.14. The van der Waals surface area contributed by atoms with Gasteiger partial charge in [0.15, 0.2) is 10.9 Å². The average Bonchev–Trinajstić information content (AvgIpc) is 1.83. The molecule has 0 bridgehead atoms. The minimum atomic E-state index is -0.473. The molecule has 2 N–H and O–H groups in total. The topological polar surface area (TPSA) is 53.1 Å². The highest BCUT2D eigenvalue weighted by Gasteiger charge is 1.98. The highest BCUT2D eigenvalue weighted by molar-refractivity contribution is 6.30. The number of aromatic amines is 1. The molecular weight excluding hydrogens is 142 g/mol. The molecule has 1 rings (SSSR count). The molecule has 0 fully saturated rings. The lowest BCUT2D eigenvalue weighted by molar-refractivity contribution is 0.468. The molecule has 0 aliphatic carbocycles. The Bertz CT molecular complexity index is 268. The molecule has 4 heteroatoms. The molecule has 0 saturated heterocycles. The monoisotopic (exact) mass is 145 g/mol. The van der Waals surface area contributed by atoms with Crippen molar-refractivity contribution in [3.63, 3.8) is 0 Å². The Morgan fingerprint density at radius 1 is 1.67 bits per heavy atom. The van der Waals surface area contributed by atoms with Crippen LogP contribution < -0.4 is 5.43 Å². The predicted molar refractivity (Wildman–Crippen MR) is 33.7 cm³/mol. The molecule has 1 aromatic rings. The van der Waals surface area contributed by atoms with Crippen molar-refractivity contribution >= 4 is 11.6 Å². The van der Waals surface area contributed by atoms with Crippen LogP contribution in [0.25, 0.3) is 0 Å². The molecule has 1 aromatic heterocycles. The van der Waals surface area contributed by atoms with E-state index in [-0.39, 0.29) is 5.15 Å². The molecular formula is C5H4ClNO2. The number of H-pyrrole nitrogens is 1. The van der Waals surface area contributed by atoms with Gasteiger partial charge in [-0.05, 0) is 0 Å². The first-order valence-electron chi connectivity index (χ1n) is 2.28. The van der Waals surface area contributed by atoms with Crippen LogP contribution in [0.3, 0.4) is 0 Å². The van der Waals surface area contributed by atoms with Crippen LogP contribution in [0.1, 0.15) is 0 Å². The number of aromatic nitrogens is 1. The Morgan fingerprint density at radius 2 is 2.33 bits per heavy atom. The van der Waals surface area contributed by atoms with Crippen LogP contribution in [-0.2, 0) is 0 Å². The highest BCUT2D eigenvalue weighted by Crippen LogP contribution is 2.11. The van der Waals surface area contributed by atoms with E-state index in [0.29, 0.717) is 0 Å². The van der Waals surface area contributed by atoms with Gasteiger partial charge in [-0.3, -0.25) is 4.79 Å². The van der Waals surface area contributed by atoms with Crippen molar-refractivity contribution in [2.24, 2.45) is 0 Å². The number of rotatable bonds is 0. The minimum Gasteiger partial charge on any atom is -0.502 e. The number of pyridine rings is 1. The van der Waals surface area contributed by atoms with Crippen molar-refractivity contribution < 1.29 is 5.11 Å². The van der Waals surface area contributed by atoms with Crippen LogP contribution in [0.2, 0.25) is 5.15 Å². The third-order valence-corrected chi connectivity index (χ3v) is 1.17. The Kier molecular flexibility index (Phi) is 1.44. The van der Waals surface area contributed by atoms with Crippen LogP contribution in [-0.4, -0.2) is 10.1 Å². The Labute approximate surface area is 55.9 Å². The molecule has 3 nitrogen and oxygen atoms in total. The van der Waals surface area contributed by atoms with Crippen molar-refractivity contribution in [1.29, 1.82) is 0 Å². The van der Waals surface area contributed by atoms with Crippen LogP contribution >= 0.6 is 11.6 Å². The van der Waals surface area contributed by atoms with Gasteiger partial charge in [-0.25, -0.2) is 0 Å². The summed E-state index contributed by atoms with van der Waals surface area (Å²) in [7, 11) is 0. The third-order valence-electron chi connectivity index (χ3n) is 0.886. The molecule has 0 atom stereocenters. The fourth-order valence-corrected chi connectivity index (χ4v) is 0.602. The average molecular weight is 146 g/mol.